The Labute approximate surface area is 183 Å². The zero-order valence-electron chi connectivity index (χ0n) is 18.0. The maximum absolute atomic E-state index is 12.4. The number of nitrogens with zero attached hydrogens (tertiary/aromatic N) is 1. The van der Waals surface area contributed by atoms with E-state index in [0.29, 0.717) is 13.0 Å². The van der Waals surface area contributed by atoms with Gasteiger partial charge in [0.2, 0.25) is 5.91 Å². The van der Waals surface area contributed by atoms with Crippen LogP contribution < -0.4 is 20.7 Å². The van der Waals surface area contributed by atoms with E-state index in [2.05, 4.69) is 41.4 Å². The van der Waals surface area contributed by atoms with Gasteiger partial charge in [-0.2, -0.15) is 0 Å². The van der Waals surface area contributed by atoms with E-state index >= 15 is 0 Å². The van der Waals surface area contributed by atoms with E-state index in [9.17, 15) is 4.79 Å². The van der Waals surface area contributed by atoms with E-state index in [1.807, 2.05) is 55.5 Å². The van der Waals surface area contributed by atoms with Crippen LogP contribution in [0, 0.1) is 0 Å². The molecular formula is C26H29N3O2. The minimum atomic E-state index is -0.121. The second-order valence-corrected chi connectivity index (χ2v) is 7.74. The Balaban J connectivity index is 1.49. The lowest BCUT2D eigenvalue weighted by Crippen LogP contribution is -2.29. The lowest BCUT2D eigenvalue weighted by atomic mass is 9.97. The fourth-order valence-electron chi connectivity index (χ4n) is 4.33. The number of anilines is 2. The highest BCUT2D eigenvalue weighted by molar-refractivity contribution is 5.92. The van der Waals surface area contributed by atoms with E-state index in [1.165, 1.54) is 0 Å². The summed E-state index contributed by atoms with van der Waals surface area (Å²) in [6.07, 6.45) is 0.358. The van der Waals surface area contributed by atoms with Crippen LogP contribution in [0.1, 0.15) is 42.6 Å². The summed E-state index contributed by atoms with van der Waals surface area (Å²) in [6.45, 7) is 5.61. The standard InChI is InChI=1S/C26H29N3O2/c1-3-29-23-17-21(31-4-2)14-15-22(23)25(27)26(29)19-10-12-20(13-11-19)28-24(30)16-18-8-6-5-7-9-18/h5-15,17,25-26H,3-4,16,27H2,1-2H3,(H,28,30). The molecule has 0 aliphatic carbocycles. The molecule has 160 valence electrons. The molecule has 31 heavy (non-hydrogen) atoms. The van der Waals surface area contributed by atoms with Crippen molar-refractivity contribution < 1.29 is 9.53 Å². The van der Waals surface area contributed by atoms with E-state index < -0.39 is 0 Å². The van der Waals surface area contributed by atoms with Crippen LogP contribution in [0.3, 0.4) is 0 Å². The van der Waals surface area contributed by atoms with Crippen LogP contribution in [0.4, 0.5) is 11.4 Å². The predicted molar refractivity (Wildman–Crippen MR) is 126 cm³/mol. The number of ether oxygens (including phenoxy) is 1. The highest BCUT2D eigenvalue weighted by Crippen LogP contribution is 2.47. The molecule has 0 radical (unpaired) electrons. The van der Waals surface area contributed by atoms with Gasteiger partial charge in [0.1, 0.15) is 5.75 Å². The molecule has 0 fully saturated rings. The maximum Gasteiger partial charge on any atom is 0.228 e. The van der Waals surface area contributed by atoms with Crippen LogP contribution in [0.15, 0.2) is 72.8 Å². The zero-order chi connectivity index (χ0) is 21.8. The molecule has 0 saturated heterocycles. The Bertz CT molecular complexity index is 1030. The third kappa shape index (κ3) is 4.42. The van der Waals surface area contributed by atoms with Crippen molar-refractivity contribution >= 4 is 17.3 Å². The van der Waals surface area contributed by atoms with Gasteiger partial charge in [-0.15, -0.1) is 0 Å². The minimum absolute atomic E-state index is 0.0254. The Morgan fingerprint density at radius 1 is 1.03 bits per heavy atom. The summed E-state index contributed by atoms with van der Waals surface area (Å²) >= 11 is 0. The first-order valence-electron chi connectivity index (χ1n) is 10.8. The largest absolute Gasteiger partial charge is 0.494 e. The average molecular weight is 416 g/mol. The Hall–Kier alpha value is -3.31. The van der Waals surface area contributed by atoms with E-state index in [-0.39, 0.29) is 18.0 Å². The van der Waals surface area contributed by atoms with Gasteiger partial charge >= 0.3 is 0 Å². The highest BCUT2D eigenvalue weighted by atomic mass is 16.5. The number of hydrogen-bond donors (Lipinski definition) is 2. The van der Waals surface area contributed by atoms with E-state index in [1.54, 1.807) is 0 Å². The summed E-state index contributed by atoms with van der Waals surface area (Å²) in [6, 6.07) is 23.8. The first-order valence-corrected chi connectivity index (χ1v) is 10.8. The summed E-state index contributed by atoms with van der Waals surface area (Å²) in [4.78, 5) is 14.7. The fourth-order valence-corrected chi connectivity index (χ4v) is 4.33. The van der Waals surface area contributed by atoms with Crippen molar-refractivity contribution in [3.63, 3.8) is 0 Å². The third-order valence-corrected chi connectivity index (χ3v) is 5.74. The van der Waals surface area contributed by atoms with Gasteiger partial charge in [-0.3, -0.25) is 4.79 Å². The van der Waals surface area contributed by atoms with Crippen molar-refractivity contribution in [2.75, 3.05) is 23.4 Å². The van der Waals surface area contributed by atoms with Gasteiger partial charge in [-0.05, 0) is 48.7 Å². The van der Waals surface area contributed by atoms with Crippen LogP contribution >= 0.6 is 0 Å². The van der Waals surface area contributed by atoms with Crippen molar-refractivity contribution in [3.05, 3.63) is 89.5 Å². The van der Waals surface area contributed by atoms with Gasteiger partial charge in [0.05, 0.1) is 25.1 Å². The smallest absolute Gasteiger partial charge is 0.228 e. The molecule has 3 aromatic rings. The highest BCUT2D eigenvalue weighted by Gasteiger charge is 2.36. The van der Waals surface area contributed by atoms with Gasteiger partial charge in [-0.1, -0.05) is 48.5 Å². The molecule has 0 bridgehead atoms. The number of nitrogens with one attached hydrogen (secondary N) is 1. The summed E-state index contributed by atoms with van der Waals surface area (Å²) in [5.74, 6) is 0.839. The molecule has 3 N–H and O–H groups in total. The Morgan fingerprint density at radius 2 is 1.77 bits per heavy atom. The van der Waals surface area contributed by atoms with Crippen molar-refractivity contribution in [2.45, 2.75) is 32.4 Å². The molecule has 1 aliphatic heterocycles. The van der Waals surface area contributed by atoms with E-state index in [0.717, 1.165) is 40.4 Å². The maximum atomic E-state index is 12.4. The van der Waals surface area contributed by atoms with Crippen LogP contribution in [0.5, 0.6) is 5.75 Å². The summed E-state index contributed by atoms with van der Waals surface area (Å²) in [5, 5.41) is 2.98. The SMILES string of the molecule is CCOc1ccc2c(c1)N(CC)C(c1ccc(NC(=O)Cc3ccccc3)cc1)C2N. The van der Waals surface area contributed by atoms with Gasteiger partial charge in [0, 0.05) is 24.0 Å². The minimum Gasteiger partial charge on any atom is -0.494 e. The summed E-state index contributed by atoms with van der Waals surface area (Å²) in [7, 11) is 0. The summed E-state index contributed by atoms with van der Waals surface area (Å²) < 4.78 is 5.69. The second-order valence-electron chi connectivity index (χ2n) is 7.74. The number of rotatable bonds is 7. The fraction of sp³-hybridized carbons (Fsp3) is 0.269. The van der Waals surface area contributed by atoms with Crippen LogP contribution in [0.25, 0.3) is 0 Å². The molecule has 1 amide bonds. The second kappa shape index (κ2) is 9.23. The van der Waals surface area contributed by atoms with Gasteiger partial charge in [0.25, 0.3) is 0 Å². The topological polar surface area (TPSA) is 67.6 Å². The molecule has 4 rings (SSSR count). The zero-order valence-corrected chi connectivity index (χ0v) is 18.0. The van der Waals surface area contributed by atoms with Crippen molar-refractivity contribution in [1.82, 2.24) is 0 Å². The Morgan fingerprint density at radius 3 is 2.45 bits per heavy atom. The molecule has 0 aromatic heterocycles. The number of amides is 1. The van der Waals surface area contributed by atoms with Gasteiger partial charge in [0.15, 0.2) is 0 Å². The van der Waals surface area contributed by atoms with E-state index in [4.69, 9.17) is 10.5 Å². The number of fused-ring (bicyclic) bond motifs is 1. The number of benzene rings is 3. The number of likely N-dealkylation sites (N-methyl/N-ethyl adjacent to an activating group) is 1. The molecule has 3 aromatic carbocycles. The molecule has 2 unspecified atom stereocenters. The van der Waals surface area contributed by atoms with Crippen molar-refractivity contribution in [1.29, 1.82) is 0 Å². The average Bonchev–Trinajstić information content (AvgIpc) is 3.06. The lowest BCUT2D eigenvalue weighted by Gasteiger charge is -2.28. The predicted octanol–water partition coefficient (Wildman–Crippen LogP) is 4.85. The van der Waals surface area contributed by atoms with Gasteiger partial charge < -0.3 is 20.7 Å². The van der Waals surface area contributed by atoms with Crippen molar-refractivity contribution in [2.24, 2.45) is 5.73 Å². The van der Waals surface area contributed by atoms with Crippen LogP contribution in [-0.2, 0) is 11.2 Å². The molecule has 0 spiro atoms. The molecule has 1 aliphatic rings. The molecule has 2 atom stereocenters. The number of nitrogens with two attached hydrogens (primary N) is 1. The molecule has 0 saturated carbocycles. The third-order valence-electron chi connectivity index (χ3n) is 5.74. The van der Waals surface area contributed by atoms with Gasteiger partial charge in [-0.25, -0.2) is 0 Å². The van der Waals surface area contributed by atoms with Crippen molar-refractivity contribution in [3.8, 4) is 5.75 Å². The monoisotopic (exact) mass is 415 g/mol. The first kappa shape index (κ1) is 20.9. The normalized spacial score (nSPS) is 17.3. The number of carbonyl (C=O) groups excluding carboxylic acids is 1. The number of carbonyl (C=O) groups is 1. The quantitative estimate of drug-likeness (QED) is 0.579. The van der Waals surface area contributed by atoms with Crippen LogP contribution in [0.2, 0.25) is 0 Å². The number of hydrogen-bond acceptors (Lipinski definition) is 4. The molecule has 1 heterocycles. The molecule has 5 nitrogen and oxygen atoms in total. The van der Waals surface area contributed by atoms with Crippen LogP contribution in [-0.4, -0.2) is 19.1 Å². The first-order chi connectivity index (χ1) is 15.1. The molecular weight excluding hydrogens is 386 g/mol. The Kier molecular flexibility index (Phi) is 6.23. The molecule has 5 heteroatoms. The lowest BCUT2D eigenvalue weighted by molar-refractivity contribution is -0.115. The summed E-state index contributed by atoms with van der Waals surface area (Å²) in [5.41, 5.74) is 11.8.